The fourth-order valence-electron chi connectivity index (χ4n) is 7.52. The third-order valence-corrected chi connectivity index (χ3v) is 11.8. The summed E-state index contributed by atoms with van der Waals surface area (Å²) in [7, 11) is 0. The summed E-state index contributed by atoms with van der Waals surface area (Å²) in [6.45, 7) is 12.7. The molecule has 81 heavy (non-hydrogen) atoms. The average Bonchev–Trinajstić information content (AvgIpc) is 3.92. The molecule has 0 aliphatic heterocycles. The number of ether oxygens (including phenoxy) is 10. The lowest BCUT2D eigenvalue weighted by Crippen LogP contribution is -2.44. The van der Waals surface area contributed by atoms with Crippen LogP contribution in [0.4, 0.5) is 0 Å². The van der Waals surface area contributed by atoms with Crippen molar-refractivity contribution in [2.75, 3.05) is 152 Å². The lowest BCUT2D eigenvalue weighted by molar-refractivity contribution is -0.128. The highest BCUT2D eigenvalue weighted by Gasteiger charge is 2.25. The van der Waals surface area contributed by atoms with E-state index in [2.05, 4.69) is 31.6 Å². The molecule has 0 radical (unpaired) electrons. The molecule has 0 aliphatic rings. The van der Waals surface area contributed by atoms with Crippen LogP contribution in [0.5, 0.6) is 5.75 Å². The number of nitrogens with zero attached hydrogens (tertiary/aromatic N) is 3. The zero-order valence-electron chi connectivity index (χ0n) is 47.4. The van der Waals surface area contributed by atoms with Crippen molar-refractivity contribution in [2.45, 2.75) is 71.2 Å². The second kappa shape index (κ2) is 45.0. The summed E-state index contributed by atoms with van der Waals surface area (Å²) in [4.78, 5) is 62.2. The molecule has 26 nitrogen and oxygen atoms in total. The highest BCUT2D eigenvalue weighted by Crippen LogP contribution is 2.18. The van der Waals surface area contributed by atoms with Gasteiger partial charge in [-0.3, -0.25) is 29.3 Å². The van der Waals surface area contributed by atoms with Gasteiger partial charge in [-0.2, -0.15) is 0 Å². The maximum absolute atomic E-state index is 13.0. The van der Waals surface area contributed by atoms with Gasteiger partial charge in [0, 0.05) is 49.8 Å². The number of aliphatic hydroxyl groups excluding tert-OH is 1. The molecular weight excluding hydrogens is 1060 g/mol. The number of primary amides is 1. The number of hydrogen-bond donors (Lipinski definition) is 8. The monoisotopic (exact) mass is 1150 g/mol. The van der Waals surface area contributed by atoms with Crippen LogP contribution in [-0.4, -0.2) is 213 Å². The first kappa shape index (κ1) is 69.7. The van der Waals surface area contributed by atoms with Gasteiger partial charge in [0.05, 0.1) is 144 Å². The molecule has 11 N–H and O–H groups in total. The minimum absolute atomic E-state index is 0.0568. The number of carbonyl (C=O) groups is 5. The number of hydrogen-bond acceptors (Lipinski definition) is 21. The molecule has 0 saturated heterocycles. The second-order valence-corrected chi connectivity index (χ2v) is 18.9. The molecule has 0 aliphatic carbocycles. The van der Waals surface area contributed by atoms with Crippen molar-refractivity contribution in [3.8, 4) is 5.75 Å². The minimum Gasteiger partial charge on any atom is -0.487 e. The van der Waals surface area contributed by atoms with Crippen LogP contribution in [0.15, 0.2) is 54.7 Å². The second-order valence-electron chi connectivity index (χ2n) is 18.9. The van der Waals surface area contributed by atoms with E-state index >= 15 is 0 Å². The van der Waals surface area contributed by atoms with Crippen molar-refractivity contribution >= 4 is 29.4 Å². The van der Waals surface area contributed by atoms with Crippen molar-refractivity contribution in [3.63, 3.8) is 0 Å². The first-order valence-electron chi connectivity index (χ1n) is 27.8. The van der Waals surface area contributed by atoms with Gasteiger partial charge in [0.1, 0.15) is 24.1 Å². The van der Waals surface area contributed by atoms with Crippen molar-refractivity contribution in [3.05, 3.63) is 77.1 Å². The topological polar surface area (TPSA) is 355 Å². The summed E-state index contributed by atoms with van der Waals surface area (Å²) >= 11 is 0. The Bertz CT molecular complexity index is 2170. The lowest BCUT2D eigenvalue weighted by Gasteiger charge is -2.21. The molecule has 1 aromatic heterocycles. The van der Waals surface area contributed by atoms with Crippen molar-refractivity contribution in [1.82, 2.24) is 36.3 Å². The van der Waals surface area contributed by atoms with Crippen molar-refractivity contribution in [1.29, 1.82) is 0 Å². The Hall–Kier alpha value is -5.59. The smallest absolute Gasteiger partial charge is 0.251 e. The highest BCUT2D eigenvalue weighted by molar-refractivity contribution is 5.95. The van der Waals surface area contributed by atoms with E-state index in [4.69, 9.17) is 69.7 Å². The Balaban J connectivity index is 1.12. The van der Waals surface area contributed by atoms with Gasteiger partial charge in [0.15, 0.2) is 5.78 Å². The maximum atomic E-state index is 13.0. The summed E-state index contributed by atoms with van der Waals surface area (Å²) in [5.74, 6) is -1.31. The van der Waals surface area contributed by atoms with Gasteiger partial charge in [-0.05, 0) is 61.1 Å². The molecule has 0 spiro atoms. The van der Waals surface area contributed by atoms with Crippen LogP contribution in [0.2, 0.25) is 0 Å². The number of nitrogens with two attached hydrogens (primary N) is 3. The van der Waals surface area contributed by atoms with E-state index in [1.165, 1.54) is 0 Å². The van der Waals surface area contributed by atoms with Gasteiger partial charge in [0.2, 0.25) is 11.8 Å². The molecule has 1 heterocycles. The molecule has 3 rings (SSSR count). The highest BCUT2D eigenvalue weighted by atomic mass is 16.6. The Kier molecular flexibility index (Phi) is 38.7. The first-order chi connectivity index (χ1) is 39.4. The molecule has 3 aromatic rings. The number of ketones is 1. The summed E-state index contributed by atoms with van der Waals surface area (Å²) < 4.78 is 56.9. The zero-order valence-corrected chi connectivity index (χ0v) is 47.4. The van der Waals surface area contributed by atoms with Crippen molar-refractivity contribution < 1.29 is 76.4 Å². The number of nitrogens with one attached hydrogen (secondary N) is 4. The van der Waals surface area contributed by atoms with E-state index in [0.717, 1.165) is 5.56 Å². The Morgan fingerprint density at radius 3 is 1.64 bits per heavy atom. The zero-order chi connectivity index (χ0) is 58.6. The molecule has 0 bridgehead atoms. The number of carbonyl (C=O) groups excluding carboxylic acids is 5. The van der Waals surface area contributed by atoms with E-state index < -0.39 is 36.4 Å². The minimum atomic E-state index is -0.925. The summed E-state index contributed by atoms with van der Waals surface area (Å²) in [6.07, 6.45) is 4.11. The Morgan fingerprint density at radius 1 is 0.642 bits per heavy atom. The normalized spacial score (nSPS) is 12.5. The number of Topliss-reactive ketones (excluding diaryl/α,β-unsaturated/α-hetero) is 1. The molecule has 3 atom stereocenters. The number of unbranched alkanes of at least 4 members (excludes halogenated alkanes) is 1. The van der Waals surface area contributed by atoms with E-state index in [1.54, 1.807) is 53.3 Å². The number of benzene rings is 2. The number of aliphatic hydroxyl groups is 1. The SMILES string of the molecule is CC(C)C[C@H](NCN)C(=O)C[C@@H](CCCCNC(=O)c1cccc(Cn2cc(COc3cccc(C(=O)NCCOCCOCCOCCOCCOCCOCCOCCOCCOCCNC(=O)[C@@H](N)CO)c3)nn2)c1)C(N)=O. The molecule has 456 valence electrons. The summed E-state index contributed by atoms with van der Waals surface area (Å²) in [5.41, 5.74) is 19.0. The van der Waals surface area contributed by atoms with E-state index in [-0.39, 0.29) is 43.2 Å². The quantitative estimate of drug-likeness (QED) is 0.0274. The van der Waals surface area contributed by atoms with Crippen molar-refractivity contribution in [2.24, 2.45) is 29.0 Å². The van der Waals surface area contributed by atoms with Crippen LogP contribution in [0.25, 0.3) is 0 Å². The summed E-state index contributed by atoms with van der Waals surface area (Å²) in [5, 5.41) is 28.6. The van der Waals surface area contributed by atoms with Crippen LogP contribution in [0.3, 0.4) is 0 Å². The molecular formula is C55H90N10O16. The molecule has 4 amide bonds. The van der Waals surface area contributed by atoms with E-state index in [9.17, 15) is 24.0 Å². The summed E-state index contributed by atoms with van der Waals surface area (Å²) in [6, 6.07) is 12.7. The van der Waals surface area contributed by atoms with Crippen LogP contribution < -0.4 is 43.2 Å². The maximum Gasteiger partial charge on any atom is 0.251 e. The fourth-order valence-corrected chi connectivity index (χ4v) is 7.52. The molecule has 0 saturated carbocycles. The largest absolute Gasteiger partial charge is 0.487 e. The Labute approximate surface area is 475 Å². The predicted molar refractivity (Wildman–Crippen MR) is 298 cm³/mol. The number of aromatic nitrogens is 3. The van der Waals surface area contributed by atoms with Gasteiger partial charge >= 0.3 is 0 Å². The van der Waals surface area contributed by atoms with Gasteiger partial charge in [-0.1, -0.05) is 43.7 Å². The van der Waals surface area contributed by atoms with Crippen LogP contribution in [0.1, 0.15) is 77.9 Å². The van der Waals surface area contributed by atoms with Gasteiger partial charge in [-0.15, -0.1) is 5.10 Å². The Morgan fingerprint density at radius 2 is 1.14 bits per heavy atom. The van der Waals surface area contributed by atoms with E-state index in [0.29, 0.717) is 193 Å². The van der Waals surface area contributed by atoms with Gasteiger partial charge in [0.25, 0.3) is 11.8 Å². The molecule has 0 unspecified atom stereocenters. The number of rotatable bonds is 52. The van der Waals surface area contributed by atoms with Gasteiger partial charge in [-0.25, -0.2) is 4.68 Å². The third-order valence-electron chi connectivity index (χ3n) is 11.8. The third kappa shape index (κ3) is 33.8. The molecule has 0 fully saturated rings. The molecule has 2 aromatic carbocycles. The van der Waals surface area contributed by atoms with Crippen LogP contribution in [0, 0.1) is 11.8 Å². The van der Waals surface area contributed by atoms with Crippen LogP contribution in [-0.2, 0) is 70.2 Å². The van der Waals surface area contributed by atoms with E-state index in [1.807, 2.05) is 19.9 Å². The number of amides is 4. The first-order valence-corrected chi connectivity index (χ1v) is 27.8. The average molecular weight is 1150 g/mol. The standard InChI is InChI=1S/C55H90N10O16/c1-42(2)33-50(62-41-56)51(67)36-44(52(58)68)8-3-4-12-59-53(69)45-9-5-7-43(34-45)37-65-38-47(63-64-65)40-81-48-11-6-10-46(35-48)54(70)60-13-15-72-17-19-74-21-23-76-25-27-78-29-31-80-32-30-79-28-26-77-24-22-75-20-18-73-16-14-61-55(71)49(57)39-66/h5-7,9-11,34-35,38,42,44,49-50,62,66H,3-4,8,12-33,36-37,39-41,56-57H2,1-2H3,(H2,58,68)(H,59,69)(H,60,70)(H,61,71)/t44-,49+,50+/m1/s1. The lowest BCUT2D eigenvalue weighted by atomic mass is 9.90. The fraction of sp³-hybridized carbons (Fsp3) is 0.655. The van der Waals surface area contributed by atoms with Crippen LogP contribution >= 0.6 is 0 Å². The predicted octanol–water partition coefficient (Wildman–Crippen LogP) is 0.102. The molecule has 26 heteroatoms. The van der Waals surface area contributed by atoms with Gasteiger partial charge < -0.3 is 85.6 Å².